The number of likely N-dealkylation sites (N-methyl/N-ethyl adjacent to an activating group) is 1. The van der Waals surface area contributed by atoms with E-state index in [2.05, 4.69) is 5.32 Å². The molecule has 2 N–H and O–H groups in total. The maximum Gasteiger partial charge on any atom is 0.407 e. The smallest absolute Gasteiger partial charge is 0.407 e. The Bertz CT molecular complexity index is 1010. The summed E-state index contributed by atoms with van der Waals surface area (Å²) < 4.78 is 29.8. The molecule has 3 saturated heterocycles. The number of amides is 1. The van der Waals surface area contributed by atoms with E-state index in [1.165, 1.54) is 14.0 Å². The summed E-state index contributed by atoms with van der Waals surface area (Å²) in [6.45, 7) is 12.0. The Kier molecular flexibility index (Phi) is 11.2. The van der Waals surface area contributed by atoms with Crippen LogP contribution in [-0.4, -0.2) is 109 Å². The van der Waals surface area contributed by atoms with Crippen molar-refractivity contribution in [3.05, 3.63) is 0 Å². The third kappa shape index (κ3) is 6.99. The highest BCUT2D eigenvalue weighted by Crippen LogP contribution is 2.38. The van der Waals surface area contributed by atoms with Crippen LogP contribution in [0, 0.1) is 23.7 Å². The number of alkyl carbamates (subject to hydrolysis) is 1. The number of esters is 1. The van der Waals surface area contributed by atoms with E-state index in [1.807, 2.05) is 25.9 Å². The first-order valence-corrected chi connectivity index (χ1v) is 15.0. The number of rotatable bonds is 5. The summed E-state index contributed by atoms with van der Waals surface area (Å²) >= 11 is 0. The van der Waals surface area contributed by atoms with Crippen LogP contribution in [0.3, 0.4) is 0 Å². The first-order chi connectivity index (χ1) is 19.6. The molecule has 0 aromatic rings. The van der Waals surface area contributed by atoms with E-state index in [-0.39, 0.29) is 24.3 Å². The van der Waals surface area contributed by atoms with Gasteiger partial charge in [0, 0.05) is 30.9 Å². The second kappa shape index (κ2) is 13.7. The number of ketones is 2. The summed E-state index contributed by atoms with van der Waals surface area (Å²) in [4.78, 5) is 55.1. The van der Waals surface area contributed by atoms with E-state index >= 15 is 0 Å². The average Bonchev–Trinajstić information content (AvgIpc) is 3.34. The number of aliphatic hydroxyl groups excluding tert-OH is 1. The number of cyclic esters (lactones) is 1. The van der Waals surface area contributed by atoms with Gasteiger partial charge in [0.25, 0.3) is 0 Å². The zero-order valence-electron chi connectivity index (χ0n) is 26.6. The van der Waals surface area contributed by atoms with Gasteiger partial charge in [-0.2, -0.15) is 0 Å². The van der Waals surface area contributed by atoms with Gasteiger partial charge in [0.1, 0.15) is 23.9 Å². The van der Waals surface area contributed by atoms with Crippen molar-refractivity contribution in [1.82, 2.24) is 10.2 Å². The zero-order chi connectivity index (χ0) is 31.7. The lowest BCUT2D eigenvalue weighted by Gasteiger charge is -2.46. The number of nitrogens with zero attached hydrogens (tertiary/aromatic N) is 1. The fraction of sp³-hybridized carbons (Fsp3) is 0.867. The van der Waals surface area contributed by atoms with Crippen molar-refractivity contribution in [2.75, 3.05) is 21.2 Å². The largest absolute Gasteiger partial charge is 0.458 e. The van der Waals surface area contributed by atoms with Gasteiger partial charge in [0.2, 0.25) is 0 Å². The molecule has 3 fully saturated rings. The van der Waals surface area contributed by atoms with Crippen LogP contribution in [-0.2, 0) is 38.1 Å². The number of Topliss-reactive ketones (excluding diaryl/α,β-unsaturated/α-hetero) is 2. The molecule has 1 amide bonds. The first kappa shape index (κ1) is 34.4. The summed E-state index contributed by atoms with van der Waals surface area (Å²) in [5.41, 5.74) is -1.21. The van der Waals surface area contributed by atoms with Crippen molar-refractivity contribution >= 4 is 23.6 Å². The van der Waals surface area contributed by atoms with Crippen LogP contribution in [0.4, 0.5) is 4.79 Å². The molecule has 12 heteroatoms. The van der Waals surface area contributed by atoms with Gasteiger partial charge in [-0.15, -0.1) is 0 Å². The molecule has 0 bridgehead atoms. The van der Waals surface area contributed by atoms with Crippen LogP contribution in [0.5, 0.6) is 0 Å². The molecule has 3 aliphatic heterocycles. The van der Waals surface area contributed by atoms with E-state index in [9.17, 15) is 24.3 Å². The Morgan fingerprint density at radius 3 is 2.24 bits per heavy atom. The van der Waals surface area contributed by atoms with Gasteiger partial charge in [-0.3, -0.25) is 14.4 Å². The van der Waals surface area contributed by atoms with Crippen LogP contribution < -0.4 is 5.32 Å². The minimum absolute atomic E-state index is 0.154. The summed E-state index contributed by atoms with van der Waals surface area (Å²) in [6, 6.07) is -0.982. The quantitative estimate of drug-likeness (QED) is 0.354. The number of hydrogen-bond acceptors (Lipinski definition) is 11. The van der Waals surface area contributed by atoms with Gasteiger partial charge < -0.3 is 39.0 Å². The van der Waals surface area contributed by atoms with Crippen molar-refractivity contribution in [3.8, 4) is 0 Å². The molecular formula is C30H50N2O10. The Hall–Kier alpha value is -2.12. The lowest BCUT2D eigenvalue weighted by molar-refractivity contribution is -0.295. The SMILES string of the molecule is CC[C@H]1OC(=O)[C@H](C)C(=O)[C@H](C)[C@@H](OC2O[C@H](C)C[C@H](N(C)C)[C@H]2O)[C@@](C)(OC)C[C@@H](C)C(=O)[C@H](C)[C@H]2NC(=O)O[C@@H]21. The lowest BCUT2D eigenvalue weighted by atomic mass is 9.75. The van der Waals surface area contributed by atoms with Gasteiger partial charge >= 0.3 is 12.1 Å². The monoisotopic (exact) mass is 598 g/mol. The number of hydrogen-bond donors (Lipinski definition) is 2. The summed E-state index contributed by atoms with van der Waals surface area (Å²) in [5.74, 6) is -4.70. The lowest BCUT2D eigenvalue weighted by Crippen LogP contribution is -2.59. The van der Waals surface area contributed by atoms with Gasteiger partial charge in [-0.05, 0) is 54.1 Å². The molecule has 240 valence electrons. The molecule has 0 aromatic heterocycles. The van der Waals surface area contributed by atoms with E-state index in [0.717, 1.165) is 0 Å². The molecule has 0 radical (unpaired) electrons. The molecule has 1 unspecified atom stereocenters. The molecule has 0 spiro atoms. The number of methoxy groups -OCH3 is 1. The fourth-order valence-electron chi connectivity index (χ4n) is 6.70. The van der Waals surface area contributed by atoms with Gasteiger partial charge in [0.05, 0.1) is 23.9 Å². The molecule has 13 atom stereocenters. The predicted octanol–water partition coefficient (Wildman–Crippen LogP) is 2.09. The van der Waals surface area contributed by atoms with Crippen LogP contribution in [0.15, 0.2) is 0 Å². The van der Waals surface area contributed by atoms with Crippen molar-refractivity contribution in [3.63, 3.8) is 0 Å². The minimum Gasteiger partial charge on any atom is -0.458 e. The Balaban J connectivity index is 2.06. The number of nitrogens with one attached hydrogen (secondary N) is 1. The molecule has 0 aliphatic carbocycles. The summed E-state index contributed by atoms with van der Waals surface area (Å²) in [6.07, 6.45) is -4.73. The molecule has 12 nitrogen and oxygen atoms in total. The Labute approximate surface area is 249 Å². The average molecular weight is 599 g/mol. The van der Waals surface area contributed by atoms with Crippen LogP contribution in [0.2, 0.25) is 0 Å². The number of aliphatic hydroxyl groups is 1. The maximum absolute atomic E-state index is 13.9. The molecule has 42 heavy (non-hydrogen) atoms. The highest BCUT2D eigenvalue weighted by molar-refractivity contribution is 6.00. The highest BCUT2D eigenvalue weighted by Gasteiger charge is 2.52. The topological polar surface area (TPSA) is 150 Å². The number of ether oxygens (including phenoxy) is 5. The fourth-order valence-corrected chi connectivity index (χ4v) is 6.70. The molecule has 0 aromatic carbocycles. The molecule has 3 aliphatic rings. The van der Waals surface area contributed by atoms with Gasteiger partial charge in [0.15, 0.2) is 18.2 Å². The minimum atomic E-state index is -1.21. The zero-order valence-corrected chi connectivity index (χ0v) is 26.6. The van der Waals surface area contributed by atoms with E-state index in [4.69, 9.17) is 23.7 Å². The maximum atomic E-state index is 13.9. The molecule has 3 heterocycles. The molecule has 0 saturated carbocycles. The second-order valence-electron chi connectivity index (χ2n) is 12.8. The van der Waals surface area contributed by atoms with Gasteiger partial charge in [-0.25, -0.2) is 4.79 Å². The number of carbonyl (C=O) groups excluding carboxylic acids is 4. The van der Waals surface area contributed by atoms with E-state index in [0.29, 0.717) is 12.8 Å². The van der Waals surface area contributed by atoms with Crippen molar-refractivity contribution in [1.29, 1.82) is 0 Å². The summed E-state index contributed by atoms with van der Waals surface area (Å²) in [5, 5.41) is 13.9. The van der Waals surface area contributed by atoms with Crippen LogP contribution in [0.25, 0.3) is 0 Å². The summed E-state index contributed by atoms with van der Waals surface area (Å²) in [7, 11) is 5.21. The third-order valence-corrected chi connectivity index (χ3v) is 9.41. The Morgan fingerprint density at radius 1 is 1.02 bits per heavy atom. The van der Waals surface area contributed by atoms with Gasteiger partial charge in [-0.1, -0.05) is 27.7 Å². The Morgan fingerprint density at radius 2 is 1.67 bits per heavy atom. The normalized spacial score (nSPS) is 44.2. The van der Waals surface area contributed by atoms with Crippen LogP contribution in [0.1, 0.15) is 67.7 Å². The highest BCUT2D eigenvalue weighted by atomic mass is 16.7. The van der Waals surface area contributed by atoms with Crippen molar-refractivity contribution in [2.24, 2.45) is 23.7 Å². The van der Waals surface area contributed by atoms with Crippen molar-refractivity contribution in [2.45, 2.75) is 122 Å². The van der Waals surface area contributed by atoms with Crippen molar-refractivity contribution < 1.29 is 48.0 Å². The standard InChI is InChI=1S/C30H50N2O10/c1-11-20-25-21(31-29(37)41-25)16(4)22(33)14(2)13-30(7,38-10)26(17(5)23(34)18(6)27(36)40-20)42-28-24(35)19(32(8)9)12-15(3)39-28/h14-21,24-26,28,35H,11-13H2,1-10H3,(H,31,37)/t14-,15-,16-,17+,18-,19+,20-,21-,24-,25-,26-,28?,30+/m1/s1. The third-order valence-electron chi connectivity index (χ3n) is 9.41. The molecular weight excluding hydrogens is 548 g/mol. The number of fused-ring (bicyclic) bond motifs is 1. The number of carbonyl (C=O) groups is 4. The van der Waals surface area contributed by atoms with Crippen LogP contribution >= 0.6 is 0 Å². The first-order valence-electron chi connectivity index (χ1n) is 15.0. The molecule has 3 rings (SSSR count). The second-order valence-corrected chi connectivity index (χ2v) is 12.8. The van der Waals surface area contributed by atoms with E-state index in [1.54, 1.807) is 34.6 Å². The van der Waals surface area contributed by atoms with E-state index < -0.39 is 83.9 Å². The predicted molar refractivity (Wildman–Crippen MR) is 151 cm³/mol.